The van der Waals surface area contributed by atoms with Crippen LogP contribution >= 0.6 is 22.6 Å². The molecule has 0 aliphatic rings. The van der Waals surface area contributed by atoms with Gasteiger partial charge in [-0.05, 0) is 12.8 Å². The Morgan fingerprint density at radius 2 is 2.00 bits per heavy atom. The van der Waals surface area contributed by atoms with E-state index in [-0.39, 0.29) is 35.5 Å². The van der Waals surface area contributed by atoms with Gasteiger partial charge in [0.25, 0.3) is 0 Å². The molecule has 0 unspecified atom stereocenters. The minimum Gasteiger partial charge on any atom is -1.00 e. The molecule has 0 spiro atoms. The summed E-state index contributed by atoms with van der Waals surface area (Å²) < 4.78 is 1.14. The maximum absolute atomic E-state index is 6.45. The molecule has 0 fully saturated rings. The van der Waals surface area contributed by atoms with Crippen molar-refractivity contribution in [2.45, 2.75) is 12.8 Å². The molecule has 0 bridgehead atoms. The Morgan fingerprint density at radius 1 is 1.50 bits per heavy atom. The van der Waals surface area contributed by atoms with Gasteiger partial charge in [0.1, 0.15) is 0 Å². The van der Waals surface area contributed by atoms with Crippen LogP contribution in [-0.4, -0.2) is 27.5 Å². The van der Waals surface area contributed by atoms with Crippen molar-refractivity contribution < 1.29 is 12.4 Å². The van der Waals surface area contributed by atoms with Crippen LogP contribution in [0.4, 0.5) is 0 Å². The maximum atomic E-state index is 6.45. The topological polar surface area (TPSA) is 0 Å². The van der Waals surface area contributed by atoms with Gasteiger partial charge in [-0.2, -0.15) is 0 Å². The molecule has 8 heavy (non-hydrogen) atoms. The third kappa shape index (κ3) is 15.7. The molecule has 0 amide bonds. The molecule has 0 atom stereocenters. The zero-order valence-electron chi connectivity index (χ0n) is 4.58. The molecule has 0 aliphatic heterocycles. The molecule has 0 aromatic rings. The van der Waals surface area contributed by atoms with Crippen LogP contribution in [-0.2, 0) is 0 Å². The summed E-state index contributed by atoms with van der Waals surface area (Å²) in [5.74, 6) is 2.31. The maximum Gasteiger partial charge on any atom is 2.00 e. The third-order valence-electron chi connectivity index (χ3n) is 0.435. The summed E-state index contributed by atoms with van der Waals surface area (Å²) in [6.07, 6.45) is 8.38. The number of hydrogen-bond donors (Lipinski definition) is 0. The monoisotopic (exact) mass is 252 g/mol. The van der Waals surface area contributed by atoms with Crippen LogP contribution in [0.1, 0.15) is 12.8 Å². The number of rotatable bonds is 2. The molecule has 0 aliphatic carbocycles. The Kier molecular flexibility index (Phi) is 31.8. The van der Waals surface area contributed by atoms with Gasteiger partial charge in [0.05, 0.1) is 0 Å². The minimum atomic E-state index is 0. The quantitative estimate of drug-likeness (QED) is 0.139. The normalized spacial score (nSPS) is 5.50. The first-order chi connectivity index (χ1) is 2.91. The SMILES string of the molecule is [C-]#CCCCI.[Cl-].[Mg+2]. The van der Waals surface area contributed by atoms with Crippen molar-refractivity contribution in [1.29, 1.82) is 0 Å². The van der Waals surface area contributed by atoms with E-state index >= 15 is 0 Å². The fourth-order valence-electron chi connectivity index (χ4n) is 0.155. The summed E-state index contributed by atoms with van der Waals surface area (Å²) >= 11 is 2.29. The van der Waals surface area contributed by atoms with Crippen molar-refractivity contribution in [1.82, 2.24) is 0 Å². The minimum absolute atomic E-state index is 0. The second-order valence-corrected chi connectivity index (χ2v) is 2.05. The third-order valence-corrected chi connectivity index (χ3v) is 1.20. The van der Waals surface area contributed by atoms with E-state index in [1.165, 1.54) is 0 Å². The number of alkyl halides is 1. The summed E-state index contributed by atoms with van der Waals surface area (Å²) in [7, 11) is 0. The molecular weight excluding hydrogens is 247 g/mol. The van der Waals surface area contributed by atoms with Crippen LogP contribution in [0.25, 0.3) is 0 Å². The van der Waals surface area contributed by atoms with Crippen molar-refractivity contribution >= 4 is 45.6 Å². The molecular formula is C5H6ClIMg. The summed E-state index contributed by atoms with van der Waals surface area (Å²) in [5, 5.41) is 0. The van der Waals surface area contributed by atoms with E-state index in [1.54, 1.807) is 0 Å². The average Bonchev–Trinajstić information content (AvgIpc) is 1.61. The van der Waals surface area contributed by atoms with Crippen LogP contribution in [0.15, 0.2) is 0 Å². The molecule has 0 nitrogen and oxygen atoms in total. The number of halogens is 2. The van der Waals surface area contributed by atoms with Crippen molar-refractivity contribution in [3.63, 3.8) is 0 Å². The summed E-state index contributed by atoms with van der Waals surface area (Å²) in [4.78, 5) is 0. The molecule has 0 saturated carbocycles. The van der Waals surface area contributed by atoms with Gasteiger partial charge in [-0.3, -0.25) is 0 Å². The van der Waals surface area contributed by atoms with Gasteiger partial charge in [0.15, 0.2) is 0 Å². The van der Waals surface area contributed by atoms with Gasteiger partial charge in [-0.15, -0.1) is 0 Å². The van der Waals surface area contributed by atoms with Crippen LogP contribution in [0.5, 0.6) is 0 Å². The largest absolute Gasteiger partial charge is 2.00 e. The van der Waals surface area contributed by atoms with Gasteiger partial charge >= 0.3 is 23.1 Å². The van der Waals surface area contributed by atoms with Gasteiger partial charge < -0.3 is 24.8 Å². The van der Waals surface area contributed by atoms with Gasteiger partial charge in [-0.25, -0.2) is 0 Å². The Balaban J connectivity index is -0.000000125. The van der Waals surface area contributed by atoms with E-state index in [9.17, 15) is 0 Å². The van der Waals surface area contributed by atoms with E-state index in [2.05, 4.69) is 28.5 Å². The van der Waals surface area contributed by atoms with Crippen molar-refractivity contribution in [3.05, 3.63) is 6.42 Å². The molecule has 42 valence electrons. The zero-order valence-corrected chi connectivity index (χ0v) is 8.91. The Hall–Kier alpha value is 1.35. The predicted octanol–water partition coefficient (Wildman–Crippen LogP) is -1.59. The Morgan fingerprint density at radius 3 is 2.12 bits per heavy atom. The molecule has 0 N–H and O–H groups in total. The van der Waals surface area contributed by atoms with Crippen LogP contribution in [0.3, 0.4) is 0 Å². The van der Waals surface area contributed by atoms with Crippen LogP contribution < -0.4 is 12.4 Å². The van der Waals surface area contributed by atoms with E-state index in [4.69, 9.17) is 6.42 Å². The second kappa shape index (κ2) is 15.8. The zero-order chi connectivity index (χ0) is 4.83. The average molecular weight is 253 g/mol. The molecule has 3 heteroatoms. The first-order valence-electron chi connectivity index (χ1n) is 1.87. The fourth-order valence-corrected chi connectivity index (χ4v) is 0.537. The molecule has 0 aromatic carbocycles. The summed E-state index contributed by atoms with van der Waals surface area (Å²) in [6.45, 7) is 0. The second-order valence-electron chi connectivity index (χ2n) is 0.969. The van der Waals surface area contributed by atoms with Crippen molar-refractivity contribution in [2.75, 3.05) is 4.43 Å². The smallest absolute Gasteiger partial charge is 1.00 e. The predicted molar refractivity (Wildman–Crippen MR) is 41.0 cm³/mol. The van der Waals surface area contributed by atoms with Crippen LogP contribution in [0.2, 0.25) is 0 Å². The number of unbranched alkanes of at least 4 members (excludes halogenated alkanes) is 1. The fraction of sp³-hybridized carbons (Fsp3) is 0.600. The van der Waals surface area contributed by atoms with Gasteiger partial charge in [-0.1, -0.05) is 22.6 Å². The van der Waals surface area contributed by atoms with Crippen molar-refractivity contribution in [2.24, 2.45) is 0 Å². The van der Waals surface area contributed by atoms with Gasteiger partial charge in [0.2, 0.25) is 0 Å². The molecule has 0 heterocycles. The Bertz CT molecular complexity index is 59.9. The summed E-state index contributed by atoms with van der Waals surface area (Å²) in [5.41, 5.74) is 0. The standard InChI is InChI=1S/C5H6I.ClH.Mg/c1-2-3-4-5-6;;/h3-5H2;1H;/q-1;;+2/p-1. The molecule has 0 aromatic heterocycles. The van der Waals surface area contributed by atoms with E-state index < -0.39 is 0 Å². The first-order valence-corrected chi connectivity index (χ1v) is 3.40. The molecule has 0 saturated heterocycles. The van der Waals surface area contributed by atoms with E-state index in [0.29, 0.717) is 0 Å². The van der Waals surface area contributed by atoms with E-state index in [0.717, 1.165) is 17.3 Å². The van der Waals surface area contributed by atoms with Gasteiger partial charge in [0, 0.05) is 4.43 Å². The Labute approximate surface area is 86.9 Å². The molecule has 0 radical (unpaired) electrons. The van der Waals surface area contributed by atoms with E-state index in [1.807, 2.05) is 0 Å². The molecule has 0 rings (SSSR count). The van der Waals surface area contributed by atoms with Crippen molar-refractivity contribution in [3.8, 4) is 5.92 Å². The summed E-state index contributed by atoms with van der Waals surface area (Å²) in [6, 6.07) is 0. The van der Waals surface area contributed by atoms with Crippen LogP contribution in [0, 0.1) is 12.3 Å². The first kappa shape index (κ1) is 16.2. The number of hydrogen-bond acceptors (Lipinski definition) is 0.